The van der Waals surface area contributed by atoms with Gasteiger partial charge in [0.25, 0.3) is 5.91 Å². The molecule has 2 aromatic rings. The Hall–Kier alpha value is -2.41. The first kappa shape index (κ1) is 15.5. The summed E-state index contributed by atoms with van der Waals surface area (Å²) >= 11 is 0. The Balaban J connectivity index is 1.72. The second-order valence-corrected chi connectivity index (χ2v) is 5.65. The third-order valence-corrected chi connectivity index (χ3v) is 3.91. The van der Waals surface area contributed by atoms with Crippen molar-refractivity contribution in [1.82, 2.24) is 20.5 Å². The van der Waals surface area contributed by atoms with Crippen molar-refractivity contribution in [3.8, 4) is 5.88 Å². The maximum Gasteiger partial charge on any atom is 0.272 e. The standard InChI is InChI=1S/C16H20N4O3/c1-9-6-12-14(10(2)23-9)19-20-15(12)16(21)18-8-11-4-5-17-13(7-11)22-3/h4-5,7,9-10H,6,8H2,1-3H3,(H,18,21)(H,19,20)/t9-,10+/m0/s1. The van der Waals surface area contributed by atoms with Crippen LogP contribution in [0.4, 0.5) is 0 Å². The molecule has 0 aliphatic carbocycles. The molecule has 7 heteroatoms. The molecule has 0 spiro atoms. The van der Waals surface area contributed by atoms with Crippen molar-refractivity contribution in [2.45, 2.75) is 39.0 Å². The molecule has 2 atom stereocenters. The van der Waals surface area contributed by atoms with Gasteiger partial charge in [0, 0.05) is 30.8 Å². The Morgan fingerprint density at radius 3 is 3.13 bits per heavy atom. The van der Waals surface area contributed by atoms with E-state index in [0.717, 1.165) is 16.8 Å². The van der Waals surface area contributed by atoms with Crippen LogP contribution in [0.3, 0.4) is 0 Å². The fourth-order valence-corrected chi connectivity index (χ4v) is 2.80. The van der Waals surface area contributed by atoms with Crippen LogP contribution in [0.1, 0.15) is 47.3 Å². The summed E-state index contributed by atoms with van der Waals surface area (Å²) in [6.45, 7) is 4.34. The summed E-state index contributed by atoms with van der Waals surface area (Å²) in [4.78, 5) is 16.5. The van der Waals surface area contributed by atoms with Crippen LogP contribution in [0, 0.1) is 0 Å². The van der Waals surface area contributed by atoms with E-state index < -0.39 is 0 Å². The van der Waals surface area contributed by atoms with E-state index in [-0.39, 0.29) is 18.1 Å². The molecule has 1 aliphatic heterocycles. The molecule has 0 saturated heterocycles. The monoisotopic (exact) mass is 316 g/mol. The molecule has 122 valence electrons. The van der Waals surface area contributed by atoms with Gasteiger partial charge in [0.15, 0.2) is 5.69 Å². The van der Waals surface area contributed by atoms with E-state index in [1.54, 1.807) is 19.4 Å². The van der Waals surface area contributed by atoms with Gasteiger partial charge in [-0.25, -0.2) is 4.98 Å². The number of ether oxygens (including phenoxy) is 2. The van der Waals surface area contributed by atoms with Crippen molar-refractivity contribution in [1.29, 1.82) is 0 Å². The van der Waals surface area contributed by atoms with Crippen LogP contribution < -0.4 is 10.1 Å². The van der Waals surface area contributed by atoms with Gasteiger partial charge in [0.1, 0.15) is 0 Å². The number of pyridine rings is 1. The zero-order chi connectivity index (χ0) is 16.4. The third-order valence-electron chi connectivity index (χ3n) is 3.91. The minimum Gasteiger partial charge on any atom is -0.481 e. The second kappa shape index (κ2) is 6.37. The van der Waals surface area contributed by atoms with E-state index >= 15 is 0 Å². The summed E-state index contributed by atoms with van der Waals surface area (Å²) in [5.41, 5.74) is 3.20. The number of amides is 1. The molecule has 0 bridgehead atoms. The first-order valence-electron chi connectivity index (χ1n) is 7.58. The fourth-order valence-electron chi connectivity index (χ4n) is 2.80. The minimum absolute atomic E-state index is 0.0751. The molecule has 23 heavy (non-hydrogen) atoms. The van der Waals surface area contributed by atoms with Crippen molar-refractivity contribution in [3.05, 3.63) is 40.8 Å². The van der Waals surface area contributed by atoms with Gasteiger partial charge in [-0.15, -0.1) is 0 Å². The molecule has 0 saturated carbocycles. The topological polar surface area (TPSA) is 89.1 Å². The number of fused-ring (bicyclic) bond motifs is 1. The van der Waals surface area contributed by atoms with Gasteiger partial charge < -0.3 is 14.8 Å². The normalized spacial score (nSPS) is 20.0. The first-order valence-corrected chi connectivity index (χ1v) is 7.58. The van der Waals surface area contributed by atoms with Gasteiger partial charge in [-0.1, -0.05) is 0 Å². The summed E-state index contributed by atoms with van der Waals surface area (Å²) in [6, 6.07) is 3.62. The predicted octanol–water partition coefficient (Wildman–Crippen LogP) is 1.77. The van der Waals surface area contributed by atoms with Crippen LogP contribution in [0.25, 0.3) is 0 Å². The van der Waals surface area contributed by atoms with Gasteiger partial charge in [-0.2, -0.15) is 5.10 Å². The van der Waals surface area contributed by atoms with E-state index in [9.17, 15) is 4.79 Å². The van der Waals surface area contributed by atoms with Crippen LogP contribution in [0.5, 0.6) is 5.88 Å². The predicted molar refractivity (Wildman–Crippen MR) is 83.2 cm³/mol. The van der Waals surface area contributed by atoms with Crippen molar-refractivity contribution in [2.24, 2.45) is 0 Å². The summed E-state index contributed by atoms with van der Waals surface area (Å²) < 4.78 is 10.8. The lowest BCUT2D eigenvalue weighted by molar-refractivity contribution is -0.00697. The van der Waals surface area contributed by atoms with Gasteiger partial charge >= 0.3 is 0 Å². The second-order valence-electron chi connectivity index (χ2n) is 5.65. The summed E-state index contributed by atoms with van der Waals surface area (Å²) in [7, 11) is 1.56. The van der Waals surface area contributed by atoms with Gasteiger partial charge in [0.2, 0.25) is 5.88 Å². The van der Waals surface area contributed by atoms with Crippen molar-refractivity contribution >= 4 is 5.91 Å². The fraction of sp³-hybridized carbons (Fsp3) is 0.438. The number of hydrogen-bond donors (Lipinski definition) is 2. The SMILES string of the molecule is COc1cc(CNC(=O)c2n[nH]c3c2C[C@H](C)O[C@@H]3C)ccn1. The number of nitrogens with one attached hydrogen (secondary N) is 2. The van der Waals surface area contributed by atoms with Crippen LogP contribution >= 0.6 is 0 Å². The number of rotatable bonds is 4. The lowest BCUT2D eigenvalue weighted by atomic mass is 9.99. The molecule has 0 aromatic carbocycles. The van der Waals surface area contributed by atoms with Crippen molar-refractivity contribution < 1.29 is 14.3 Å². The third kappa shape index (κ3) is 3.19. The Kier molecular flexibility index (Phi) is 4.29. The maximum absolute atomic E-state index is 12.4. The average Bonchev–Trinajstić information content (AvgIpc) is 2.97. The van der Waals surface area contributed by atoms with Crippen LogP contribution in [-0.4, -0.2) is 34.3 Å². The van der Waals surface area contributed by atoms with E-state index in [0.29, 0.717) is 24.5 Å². The van der Waals surface area contributed by atoms with E-state index in [1.165, 1.54) is 0 Å². The molecule has 2 N–H and O–H groups in total. The highest BCUT2D eigenvalue weighted by Crippen LogP contribution is 2.30. The molecule has 1 aliphatic rings. The number of H-pyrrole nitrogens is 1. The highest BCUT2D eigenvalue weighted by atomic mass is 16.5. The molecule has 2 aromatic heterocycles. The Morgan fingerprint density at radius 2 is 2.35 bits per heavy atom. The zero-order valence-electron chi connectivity index (χ0n) is 13.4. The van der Waals surface area contributed by atoms with Gasteiger partial charge in [-0.3, -0.25) is 9.89 Å². The molecule has 0 radical (unpaired) electrons. The smallest absolute Gasteiger partial charge is 0.272 e. The maximum atomic E-state index is 12.4. The average molecular weight is 316 g/mol. The molecule has 7 nitrogen and oxygen atoms in total. The highest BCUT2D eigenvalue weighted by molar-refractivity contribution is 5.94. The number of aromatic amines is 1. The molecule has 0 fully saturated rings. The minimum atomic E-state index is -0.195. The molecule has 1 amide bonds. The highest BCUT2D eigenvalue weighted by Gasteiger charge is 2.29. The number of aromatic nitrogens is 3. The summed E-state index contributed by atoms with van der Waals surface area (Å²) in [5, 5.41) is 9.99. The van der Waals surface area contributed by atoms with Gasteiger partial charge in [-0.05, 0) is 25.5 Å². The molecular formula is C16H20N4O3. The van der Waals surface area contributed by atoms with E-state index in [2.05, 4.69) is 20.5 Å². The van der Waals surface area contributed by atoms with Crippen molar-refractivity contribution in [2.75, 3.05) is 7.11 Å². The summed E-state index contributed by atoms with van der Waals surface area (Å²) in [5.74, 6) is 0.327. The van der Waals surface area contributed by atoms with Crippen molar-refractivity contribution in [3.63, 3.8) is 0 Å². The molecular weight excluding hydrogens is 296 g/mol. The Labute approximate surface area is 134 Å². The molecule has 0 unspecified atom stereocenters. The number of carbonyl (C=O) groups is 1. The largest absolute Gasteiger partial charge is 0.481 e. The molecule has 3 rings (SSSR count). The summed E-state index contributed by atoms with van der Waals surface area (Å²) in [6.07, 6.45) is 2.33. The number of carbonyl (C=O) groups excluding carboxylic acids is 1. The lowest BCUT2D eigenvalue weighted by Gasteiger charge is -2.25. The number of methoxy groups -OCH3 is 1. The molecule has 3 heterocycles. The van der Waals surface area contributed by atoms with E-state index in [1.807, 2.05) is 19.9 Å². The number of nitrogens with zero attached hydrogens (tertiary/aromatic N) is 2. The lowest BCUT2D eigenvalue weighted by Crippen LogP contribution is -2.27. The van der Waals surface area contributed by atoms with Gasteiger partial charge in [0.05, 0.1) is 25.0 Å². The number of hydrogen-bond acceptors (Lipinski definition) is 5. The van der Waals surface area contributed by atoms with Crippen LogP contribution in [0.15, 0.2) is 18.3 Å². The quantitative estimate of drug-likeness (QED) is 0.897. The van der Waals surface area contributed by atoms with Crippen LogP contribution in [-0.2, 0) is 17.7 Å². The van der Waals surface area contributed by atoms with E-state index in [4.69, 9.17) is 9.47 Å². The van der Waals surface area contributed by atoms with Crippen LogP contribution in [0.2, 0.25) is 0 Å². The zero-order valence-corrected chi connectivity index (χ0v) is 13.4. The Morgan fingerprint density at radius 1 is 1.52 bits per heavy atom. The first-order chi connectivity index (χ1) is 11.1. The Bertz CT molecular complexity index is 713.